The highest BCUT2D eigenvalue weighted by Gasteiger charge is 2.27. The zero-order valence-electron chi connectivity index (χ0n) is 20.5. The van der Waals surface area contributed by atoms with E-state index in [1.807, 2.05) is 24.3 Å². The molecule has 4 rings (SSSR count). The fourth-order valence-electron chi connectivity index (χ4n) is 4.47. The van der Waals surface area contributed by atoms with Crippen molar-refractivity contribution in [2.24, 2.45) is 5.92 Å². The number of ether oxygens (including phenoxy) is 5. The van der Waals surface area contributed by atoms with E-state index in [2.05, 4.69) is 17.1 Å². The molecule has 0 bridgehead atoms. The van der Waals surface area contributed by atoms with E-state index in [0.717, 1.165) is 18.8 Å². The first-order valence-corrected chi connectivity index (χ1v) is 12.3. The number of hydrogen-bond donors (Lipinski definition) is 2. The maximum absolute atomic E-state index is 12.8. The third-order valence-electron chi connectivity index (χ3n) is 6.46. The van der Waals surface area contributed by atoms with E-state index in [1.54, 1.807) is 19.2 Å². The van der Waals surface area contributed by atoms with Gasteiger partial charge in [-0.2, -0.15) is 0 Å². The van der Waals surface area contributed by atoms with Crippen molar-refractivity contribution in [3.05, 3.63) is 47.7 Å². The Bertz CT molecular complexity index is 913. The summed E-state index contributed by atoms with van der Waals surface area (Å²) in [7, 11) is 1.68. The summed E-state index contributed by atoms with van der Waals surface area (Å²) < 4.78 is 27.9. The molecule has 192 valence electrons. The molecule has 4 unspecified atom stereocenters. The van der Waals surface area contributed by atoms with Crippen molar-refractivity contribution < 1.29 is 33.6 Å². The van der Waals surface area contributed by atoms with Gasteiger partial charge in [-0.25, -0.2) is 0 Å². The molecule has 1 aromatic carbocycles. The fraction of sp³-hybridized carbons (Fsp3) is 0.577. The van der Waals surface area contributed by atoms with Crippen LogP contribution < -0.4 is 14.8 Å². The molecule has 1 aromatic rings. The first-order valence-electron chi connectivity index (χ1n) is 12.3. The minimum atomic E-state index is -0.908. The highest BCUT2D eigenvalue weighted by Crippen LogP contribution is 2.33. The average molecular weight is 489 g/mol. The van der Waals surface area contributed by atoms with Gasteiger partial charge in [0.2, 0.25) is 5.91 Å². The van der Waals surface area contributed by atoms with Crippen LogP contribution in [0.15, 0.2) is 42.2 Å². The molecule has 1 fully saturated rings. The lowest BCUT2D eigenvalue weighted by Gasteiger charge is -2.33. The van der Waals surface area contributed by atoms with Crippen molar-refractivity contribution in [2.75, 3.05) is 59.8 Å². The van der Waals surface area contributed by atoms with Crippen LogP contribution in [0.5, 0.6) is 11.5 Å². The highest BCUT2D eigenvalue weighted by molar-refractivity contribution is 5.76. The van der Waals surface area contributed by atoms with Gasteiger partial charge >= 0.3 is 0 Å². The molecule has 3 aliphatic rings. The van der Waals surface area contributed by atoms with E-state index in [-0.39, 0.29) is 31.0 Å². The molecular weight excluding hydrogens is 452 g/mol. The number of aliphatic hydroxyl groups is 1. The Labute approximate surface area is 206 Å². The molecule has 4 atom stereocenters. The van der Waals surface area contributed by atoms with Gasteiger partial charge in [0.1, 0.15) is 25.1 Å². The third kappa shape index (κ3) is 6.98. The van der Waals surface area contributed by atoms with Crippen LogP contribution in [-0.2, 0) is 19.0 Å². The summed E-state index contributed by atoms with van der Waals surface area (Å²) in [5.41, 5.74) is 0.670. The van der Waals surface area contributed by atoms with Gasteiger partial charge in [-0.3, -0.25) is 9.69 Å². The predicted octanol–water partition coefficient (Wildman–Crippen LogP) is 1.82. The van der Waals surface area contributed by atoms with Gasteiger partial charge in [-0.05, 0) is 29.8 Å². The molecule has 2 aliphatic heterocycles. The smallest absolute Gasteiger partial charge is 0.223 e. The standard InChI is InChI=1S/C26H36N2O7/c1-18-15-20(4-6-22(18)31-2)33-10-7-25(29)27-21(17-28-8-11-32-12-9-28)26(30)19-3-5-23-24(16-19)35-14-13-34-23/h3-6,15-16,18,21-22,26,30H,7-14,17H2,1-2H3,(H,27,29). The minimum Gasteiger partial charge on any atom is -0.493 e. The molecule has 0 aromatic heterocycles. The summed E-state index contributed by atoms with van der Waals surface area (Å²) in [6, 6.07) is 4.90. The quantitative estimate of drug-likeness (QED) is 0.515. The number of morpholine rings is 1. The highest BCUT2D eigenvalue weighted by atomic mass is 16.6. The summed E-state index contributed by atoms with van der Waals surface area (Å²) in [6.07, 6.45) is 5.14. The largest absolute Gasteiger partial charge is 0.493 e. The number of hydrogen-bond acceptors (Lipinski definition) is 8. The van der Waals surface area contributed by atoms with Crippen LogP contribution in [0, 0.1) is 5.92 Å². The number of methoxy groups -OCH3 is 1. The van der Waals surface area contributed by atoms with E-state index in [1.165, 1.54) is 0 Å². The van der Waals surface area contributed by atoms with E-state index in [4.69, 9.17) is 23.7 Å². The Morgan fingerprint density at radius 2 is 1.97 bits per heavy atom. The number of aliphatic hydroxyl groups excluding tert-OH is 1. The van der Waals surface area contributed by atoms with Gasteiger partial charge in [-0.1, -0.05) is 19.1 Å². The fourth-order valence-corrected chi connectivity index (χ4v) is 4.47. The van der Waals surface area contributed by atoms with Crippen LogP contribution in [0.3, 0.4) is 0 Å². The Kier molecular flexibility index (Phi) is 9.03. The van der Waals surface area contributed by atoms with Crippen molar-refractivity contribution in [3.63, 3.8) is 0 Å². The molecule has 9 nitrogen and oxygen atoms in total. The molecule has 35 heavy (non-hydrogen) atoms. The molecule has 0 saturated carbocycles. The number of nitrogens with zero attached hydrogens (tertiary/aromatic N) is 1. The first-order chi connectivity index (χ1) is 17.0. The Morgan fingerprint density at radius 3 is 2.71 bits per heavy atom. The maximum Gasteiger partial charge on any atom is 0.223 e. The number of fused-ring (bicyclic) bond motifs is 1. The van der Waals surface area contributed by atoms with Crippen molar-refractivity contribution in [3.8, 4) is 11.5 Å². The summed E-state index contributed by atoms with van der Waals surface area (Å²) in [5.74, 6) is 2.03. The second kappa shape index (κ2) is 12.4. The lowest BCUT2D eigenvalue weighted by Crippen LogP contribution is -2.50. The minimum absolute atomic E-state index is 0.0358. The molecule has 9 heteroatoms. The number of allylic oxidation sites excluding steroid dienone is 1. The maximum atomic E-state index is 12.8. The summed E-state index contributed by atoms with van der Waals surface area (Å²) in [6.45, 7) is 6.58. The van der Waals surface area contributed by atoms with Gasteiger partial charge in [0.15, 0.2) is 11.5 Å². The van der Waals surface area contributed by atoms with Crippen LogP contribution >= 0.6 is 0 Å². The second-order valence-corrected chi connectivity index (χ2v) is 9.02. The van der Waals surface area contributed by atoms with Crippen LogP contribution in [0.2, 0.25) is 0 Å². The molecule has 0 spiro atoms. The molecule has 0 radical (unpaired) electrons. The lowest BCUT2D eigenvalue weighted by atomic mass is 9.99. The van der Waals surface area contributed by atoms with Crippen LogP contribution in [0.25, 0.3) is 0 Å². The second-order valence-electron chi connectivity index (χ2n) is 9.02. The van der Waals surface area contributed by atoms with Crippen LogP contribution in [0.1, 0.15) is 25.0 Å². The van der Waals surface area contributed by atoms with Crippen molar-refractivity contribution >= 4 is 5.91 Å². The van der Waals surface area contributed by atoms with Crippen LogP contribution in [-0.4, -0.2) is 87.8 Å². The molecule has 2 N–H and O–H groups in total. The lowest BCUT2D eigenvalue weighted by molar-refractivity contribution is -0.123. The number of carbonyl (C=O) groups excluding carboxylic acids is 1. The SMILES string of the molecule is COC1C=CC(OCCC(=O)NC(CN2CCOCC2)C(O)c2ccc3c(c2)OCCO3)=CC1C. The number of rotatable bonds is 10. The predicted molar refractivity (Wildman–Crippen MR) is 129 cm³/mol. The van der Waals surface area contributed by atoms with Gasteiger partial charge in [0.05, 0.1) is 38.4 Å². The number of benzene rings is 1. The summed E-state index contributed by atoms with van der Waals surface area (Å²) in [4.78, 5) is 15.0. The average Bonchev–Trinajstić information content (AvgIpc) is 2.88. The van der Waals surface area contributed by atoms with Crippen molar-refractivity contribution in [1.82, 2.24) is 10.2 Å². The van der Waals surface area contributed by atoms with Gasteiger partial charge < -0.3 is 34.1 Å². The van der Waals surface area contributed by atoms with Gasteiger partial charge in [0.25, 0.3) is 0 Å². The van der Waals surface area contributed by atoms with E-state index in [9.17, 15) is 9.90 Å². The number of nitrogens with one attached hydrogen (secondary N) is 1. The van der Waals surface area contributed by atoms with Crippen molar-refractivity contribution in [1.29, 1.82) is 0 Å². The Morgan fingerprint density at radius 1 is 1.20 bits per heavy atom. The number of amides is 1. The zero-order chi connectivity index (χ0) is 24.6. The van der Waals surface area contributed by atoms with E-state index in [0.29, 0.717) is 50.0 Å². The van der Waals surface area contributed by atoms with E-state index < -0.39 is 12.1 Å². The molecule has 1 amide bonds. The van der Waals surface area contributed by atoms with Gasteiger partial charge in [-0.15, -0.1) is 0 Å². The molecular formula is C26H36N2O7. The van der Waals surface area contributed by atoms with Crippen molar-refractivity contribution in [2.45, 2.75) is 31.6 Å². The van der Waals surface area contributed by atoms with Crippen LogP contribution in [0.4, 0.5) is 0 Å². The number of carbonyl (C=O) groups is 1. The summed E-state index contributed by atoms with van der Waals surface area (Å²) in [5, 5.41) is 14.3. The third-order valence-corrected chi connectivity index (χ3v) is 6.46. The topological polar surface area (TPSA) is 98.7 Å². The molecule has 1 aliphatic carbocycles. The first kappa shape index (κ1) is 25.5. The molecule has 2 heterocycles. The zero-order valence-corrected chi connectivity index (χ0v) is 20.5. The summed E-state index contributed by atoms with van der Waals surface area (Å²) >= 11 is 0. The Hall–Kier alpha value is -2.59. The Balaban J connectivity index is 1.36. The van der Waals surface area contributed by atoms with Gasteiger partial charge in [0, 0.05) is 32.7 Å². The molecule has 1 saturated heterocycles. The normalized spacial score (nSPS) is 23.8. The monoisotopic (exact) mass is 488 g/mol. The van der Waals surface area contributed by atoms with E-state index >= 15 is 0 Å².